The number of nitrogens with zero attached hydrogens (tertiary/aromatic N) is 1. The lowest BCUT2D eigenvalue weighted by Gasteiger charge is -2.30. The summed E-state index contributed by atoms with van der Waals surface area (Å²) in [7, 11) is 0. The summed E-state index contributed by atoms with van der Waals surface area (Å²) in [5, 5.41) is 2.42. The van der Waals surface area contributed by atoms with Crippen LogP contribution in [0.3, 0.4) is 0 Å². The third kappa shape index (κ3) is 2.05. The van der Waals surface area contributed by atoms with Crippen LogP contribution in [0.4, 0.5) is 0 Å². The Morgan fingerprint density at radius 1 is 1.54 bits per heavy atom. The molecule has 0 spiro atoms. The first kappa shape index (κ1) is 9.47. The minimum Gasteiger partial charge on any atom is -0.197 e. The van der Waals surface area contributed by atoms with Crippen LogP contribution in [0.1, 0.15) is 37.8 Å². The van der Waals surface area contributed by atoms with Crippen LogP contribution in [0.5, 0.6) is 0 Å². The lowest BCUT2D eigenvalue weighted by molar-refractivity contribution is 0.331. The highest BCUT2D eigenvalue weighted by atomic mass is 35.5. The summed E-state index contributed by atoms with van der Waals surface area (Å²) < 4.78 is 4.41. The summed E-state index contributed by atoms with van der Waals surface area (Å²) in [6.45, 7) is 2.31. The van der Waals surface area contributed by atoms with E-state index >= 15 is 0 Å². The number of alkyl halides is 1. The third-order valence-corrected chi connectivity index (χ3v) is 3.94. The first-order valence-corrected chi connectivity index (χ1v) is 6.09. The Morgan fingerprint density at radius 3 is 3.08 bits per heavy atom. The number of hydrogen-bond donors (Lipinski definition) is 0. The quantitative estimate of drug-likeness (QED) is 0.652. The van der Waals surface area contributed by atoms with Crippen molar-refractivity contribution in [1.29, 1.82) is 0 Å². The van der Waals surface area contributed by atoms with Crippen LogP contribution in [0, 0.1) is 5.92 Å². The van der Waals surface area contributed by atoms with Crippen molar-refractivity contribution in [3.05, 3.63) is 17.1 Å². The molecule has 1 aromatic rings. The van der Waals surface area contributed by atoms with E-state index in [0.717, 1.165) is 12.3 Å². The van der Waals surface area contributed by atoms with Gasteiger partial charge in [-0.2, -0.15) is 4.37 Å². The molecule has 1 aliphatic rings. The molecular weight excluding hydrogens is 202 g/mol. The summed E-state index contributed by atoms with van der Waals surface area (Å²) in [6.07, 6.45) is 3.52. The average molecular weight is 216 g/mol. The number of halogens is 1. The molecule has 1 heterocycles. The Labute approximate surface area is 88.3 Å². The molecule has 0 amide bonds. The zero-order valence-electron chi connectivity index (χ0n) is 7.74. The van der Waals surface area contributed by atoms with Crippen molar-refractivity contribution >= 4 is 23.1 Å². The first-order valence-electron chi connectivity index (χ1n) is 4.81. The number of hydrogen-bond acceptors (Lipinski definition) is 2. The Bertz CT molecular complexity index is 260. The van der Waals surface area contributed by atoms with Gasteiger partial charge in [-0.3, -0.25) is 0 Å². The molecule has 2 rings (SSSR count). The lowest BCUT2D eigenvalue weighted by atomic mass is 9.78. The van der Waals surface area contributed by atoms with Gasteiger partial charge in [-0.1, -0.05) is 6.92 Å². The lowest BCUT2D eigenvalue weighted by Crippen LogP contribution is -2.21. The predicted molar refractivity (Wildman–Crippen MR) is 57.5 cm³/mol. The molecule has 0 aromatic carbocycles. The van der Waals surface area contributed by atoms with Gasteiger partial charge in [0.2, 0.25) is 0 Å². The largest absolute Gasteiger partial charge is 0.197 e. The molecule has 1 aliphatic carbocycles. The van der Waals surface area contributed by atoms with Gasteiger partial charge in [0.1, 0.15) is 0 Å². The zero-order valence-corrected chi connectivity index (χ0v) is 9.31. The molecule has 0 N–H and O–H groups in total. The molecule has 0 saturated heterocycles. The van der Waals surface area contributed by atoms with Gasteiger partial charge in [0.15, 0.2) is 0 Å². The molecule has 1 nitrogen and oxygen atoms in total. The first-order chi connectivity index (χ1) is 6.27. The molecule has 3 heteroatoms. The summed E-state index contributed by atoms with van der Waals surface area (Å²) in [5.41, 5.74) is 1.25. The zero-order chi connectivity index (χ0) is 9.26. The number of rotatable bonds is 1. The van der Waals surface area contributed by atoms with Crippen LogP contribution in [-0.4, -0.2) is 9.75 Å². The monoisotopic (exact) mass is 215 g/mol. The van der Waals surface area contributed by atoms with Gasteiger partial charge < -0.3 is 0 Å². The molecule has 1 fully saturated rings. The Balaban J connectivity index is 2.12. The molecular formula is C10H14ClNS. The van der Waals surface area contributed by atoms with Crippen LogP contribution in [0.15, 0.2) is 11.4 Å². The van der Waals surface area contributed by atoms with Gasteiger partial charge in [-0.15, -0.1) is 11.6 Å². The van der Waals surface area contributed by atoms with Gasteiger partial charge in [0.25, 0.3) is 0 Å². The molecule has 1 saturated carbocycles. The minimum atomic E-state index is 0.364. The van der Waals surface area contributed by atoms with E-state index in [-0.39, 0.29) is 0 Å². The van der Waals surface area contributed by atoms with Crippen molar-refractivity contribution in [2.75, 3.05) is 0 Å². The van der Waals surface area contributed by atoms with E-state index in [4.69, 9.17) is 11.6 Å². The maximum absolute atomic E-state index is 6.17. The average Bonchev–Trinajstić information content (AvgIpc) is 2.61. The highest BCUT2D eigenvalue weighted by Crippen LogP contribution is 2.38. The molecule has 0 bridgehead atoms. The molecule has 3 unspecified atom stereocenters. The van der Waals surface area contributed by atoms with Gasteiger partial charge in [-0.25, -0.2) is 0 Å². The highest BCUT2D eigenvalue weighted by molar-refractivity contribution is 7.03. The maximum atomic E-state index is 6.17. The topological polar surface area (TPSA) is 12.9 Å². The van der Waals surface area contributed by atoms with E-state index in [1.165, 1.54) is 18.5 Å². The second kappa shape index (κ2) is 3.97. The highest BCUT2D eigenvalue weighted by Gasteiger charge is 2.28. The van der Waals surface area contributed by atoms with Crippen LogP contribution in [-0.2, 0) is 0 Å². The van der Waals surface area contributed by atoms with Crippen LogP contribution in [0.2, 0.25) is 0 Å². The summed E-state index contributed by atoms with van der Waals surface area (Å²) in [6, 6.07) is 2.14. The molecule has 72 valence electrons. The van der Waals surface area contributed by atoms with Crippen molar-refractivity contribution in [3.63, 3.8) is 0 Å². The van der Waals surface area contributed by atoms with Crippen molar-refractivity contribution in [2.45, 2.75) is 37.5 Å². The summed E-state index contributed by atoms with van der Waals surface area (Å²) in [4.78, 5) is 0. The van der Waals surface area contributed by atoms with Gasteiger partial charge in [-0.05, 0) is 42.8 Å². The van der Waals surface area contributed by atoms with E-state index in [1.54, 1.807) is 11.5 Å². The maximum Gasteiger partial charge on any atom is 0.0576 e. The fraction of sp³-hybridized carbons (Fsp3) is 0.700. The Hall–Kier alpha value is -0.0800. The normalized spacial score (nSPS) is 34.8. The fourth-order valence-electron chi connectivity index (χ4n) is 2.10. The van der Waals surface area contributed by atoms with E-state index < -0.39 is 0 Å². The molecule has 0 radical (unpaired) electrons. The Morgan fingerprint density at radius 2 is 2.38 bits per heavy atom. The van der Waals surface area contributed by atoms with Gasteiger partial charge >= 0.3 is 0 Å². The van der Waals surface area contributed by atoms with E-state index in [9.17, 15) is 0 Å². The van der Waals surface area contributed by atoms with E-state index in [1.807, 2.05) is 0 Å². The second-order valence-corrected chi connectivity index (χ2v) is 5.20. The van der Waals surface area contributed by atoms with Crippen molar-refractivity contribution in [3.8, 4) is 0 Å². The summed E-state index contributed by atoms with van der Waals surface area (Å²) >= 11 is 7.71. The van der Waals surface area contributed by atoms with Crippen molar-refractivity contribution < 1.29 is 0 Å². The van der Waals surface area contributed by atoms with Crippen molar-refractivity contribution in [2.24, 2.45) is 5.92 Å². The molecule has 1 aromatic heterocycles. The Kier molecular flexibility index (Phi) is 2.89. The fourth-order valence-corrected chi connectivity index (χ4v) is 2.99. The van der Waals surface area contributed by atoms with Crippen LogP contribution < -0.4 is 0 Å². The van der Waals surface area contributed by atoms with E-state index in [2.05, 4.69) is 22.7 Å². The molecule has 0 aliphatic heterocycles. The van der Waals surface area contributed by atoms with Crippen LogP contribution in [0.25, 0.3) is 0 Å². The predicted octanol–water partition coefficient (Wildman–Crippen LogP) is 3.65. The third-order valence-electron chi connectivity index (χ3n) is 2.97. The number of aromatic nitrogens is 1. The SMILES string of the molecule is CC1CCC(Cl)CC1c1ccsn1. The molecule has 13 heavy (non-hydrogen) atoms. The summed E-state index contributed by atoms with van der Waals surface area (Å²) in [5.74, 6) is 1.35. The van der Waals surface area contributed by atoms with Crippen LogP contribution >= 0.6 is 23.1 Å². The smallest absolute Gasteiger partial charge is 0.0576 e. The van der Waals surface area contributed by atoms with Crippen molar-refractivity contribution in [1.82, 2.24) is 4.37 Å². The van der Waals surface area contributed by atoms with Gasteiger partial charge in [0, 0.05) is 16.7 Å². The second-order valence-electron chi connectivity index (χ2n) is 3.92. The van der Waals surface area contributed by atoms with Gasteiger partial charge in [0.05, 0.1) is 5.69 Å². The standard InChI is InChI=1S/C10H14ClNS/c1-7-2-3-8(11)6-9(7)10-4-5-13-12-10/h4-5,7-9H,2-3,6H2,1H3. The minimum absolute atomic E-state index is 0.364. The molecule has 3 atom stereocenters. The van der Waals surface area contributed by atoms with E-state index in [0.29, 0.717) is 11.3 Å².